The molecular formula is C23H22ClFN2O2. The Morgan fingerprint density at radius 3 is 2.41 bits per heavy atom. The van der Waals surface area contributed by atoms with Crippen LogP contribution >= 0.6 is 11.6 Å². The van der Waals surface area contributed by atoms with Crippen LogP contribution in [0.4, 0.5) is 10.2 Å². The summed E-state index contributed by atoms with van der Waals surface area (Å²) in [5.74, 6) is -0.673. The normalized spacial score (nSPS) is 10.8. The lowest BCUT2D eigenvalue weighted by Gasteiger charge is -2.17. The fraction of sp³-hybridized carbons (Fsp3) is 0.217. The summed E-state index contributed by atoms with van der Waals surface area (Å²) in [6, 6.07) is 10.8. The molecule has 1 heterocycles. The van der Waals surface area contributed by atoms with E-state index in [1.165, 1.54) is 31.2 Å². The third-order valence-corrected chi connectivity index (χ3v) is 5.29. The molecule has 1 amide bonds. The smallest absolute Gasteiger partial charge is 0.222 e. The number of benzene rings is 2. The van der Waals surface area contributed by atoms with Gasteiger partial charge in [0, 0.05) is 23.2 Å². The molecule has 0 saturated carbocycles. The number of hydrogen-bond acceptors (Lipinski definition) is 2. The largest absolute Gasteiger partial charge is 0.312 e. The van der Waals surface area contributed by atoms with Crippen molar-refractivity contribution in [2.75, 3.05) is 5.32 Å². The Morgan fingerprint density at radius 1 is 1.10 bits per heavy atom. The molecule has 1 N–H and O–H groups in total. The van der Waals surface area contributed by atoms with Gasteiger partial charge in [-0.05, 0) is 61.7 Å². The van der Waals surface area contributed by atoms with Gasteiger partial charge in [0.1, 0.15) is 11.6 Å². The number of nitrogens with one attached hydrogen (secondary N) is 1. The van der Waals surface area contributed by atoms with Crippen LogP contribution in [0.5, 0.6) is 0 Å². The average Bonchev–Trinajstić information content (AvgIpc) is 2.91. The van der Waals surface area contributed by atoms with Crippen LogP contribution in [0.15, 0.2) is 42.5 Å². The monoisotopic (exact) mass is 412 g/mol. The first-order valence-corrected chi connectivity index (χ1v) is 9.71. The summed E-state index contributed by atoms with van der Waals surface area (Å²) < 4.78 is 16.1. The maximum atomic E-state index is 14.3. The lowest BCUT2D eigenvalue weighted by atomic mass is 10.0. The molecule has 0 fully saturated rings. The minimum Gasteiger partial charge on any atom is -0.312 e. The van der Waals surface area contributed by atoms with E-state index in [1.54, 1.807) is 18.2 Å². The number of nitrogens with zero attached hydrogens (tertiary/aromatic N) is 1. The number of halogens is 2. The Labute approximate surface area is 174 Å². The molecule has 0 atom stereocenters. The van der Waals surface area contributed by atoms with Gasteiger partial charge in [-0.3, -0.25) is 14.2 Å². The maximum absolute atomic E-state index is 14.3. The van der Waals surface area contributed by atoms with Gasteiger partial charge >= 0.3 is 0 Å². The first-order valence-electron chi connectivity index (χ1n) is 9.33. The van der Waals surface area contributed by atoms with E-state index in [0.29, 0.717) is 22.9 Å². The number of hydrogen-bond donors (Lipinski definition) is 1. The summed E-state index contributed by atoms with van der Waals surface area (Å²) >= 11 is 6.18. The SMILES string of the molecule is CCc1c(C)c(C)n(-c2ccc(Cl)cc2C(=O)c2ccccc2F)c1NC(C)=O. The molecule has 0 aliphatic rings. The van der Waals surface area contributed by atoms with E-state index in [1.807, 2.05) is 25.3 Å². The molecule has 0 spiro atoms. The predicted octanol–water partition coefficient (Wildman–Crippen LogP) is 5.64. The molecule has 6 heteroatoms. The Kier molecular flexibility index (Phi) is 5.89. The highest BCUT2D eigenvalue weighted by molar-refractivity contribution is 6.31. The minimum atomic E-state index is -0.597. The quantitative estimate of drug-likeness (QED) is 0.551. The van der Waals surface area contributed by atoms with E-state index in [0.717, 1.165) is 16.8 Å². The fourth-order valence-corrected chi connectivity index (χ4v) is 3.75. The number of amides is 1. The van der Waals surface area contributed by atoms with Crippen LogP contribution in [0.25, 0.3) is 5.69 Å². The Hall–Kier alpha value is -2.92. The zero-order valence-corrected chi connectivity index (χ0v) is 17.5. The molecule has 0 aliphatic carbocycles. The van der Waals surface area contributed by atoms with E-state index in [4.69, 9.17) is 11.6 Å². The van der Waals surface area contributed by atoms with Gasteiger partial charge in [-0.15, -0.1) is 0 Å². The summed E-state index contributed by atoms with van der Waals surface area (Å²) in [6.45, 7) is 7.34. The lowest BCUT2D eigenvalue weighted by molar-refractivity contribution is -0.114. The minimum absolute atomic E-state index is 0.0330. The lowest BCUT2D eigenvalue weighted by Crippen LogP contribution is -2.15. The third kappa shape index (κ3) is 3.83. The number of carbonyl (C=O) groups excluding carboxylic acids is 2. The summed E-state index contributed by atoms with van der Waals surface area (Å²) in [7, 11) is 0. The highest BCUT2D eigenvalue weighted by Gasteiger charge is 2.24. The van der Waals surface area contributed by atoms with Gasteiger partial charge in [0.15, 0.2) is 5.78 Å². The molecule has 3 aromatic rings. The van der Waals surface area contributed by atoms with E-state index >= 15 is 0 Å². The molecule has 29 heavy (non-hydrogen) atoms. The molecule has 150 valence electrons. The molecule has 0 unspecified atom stereocenters. The van der Waals surface area contributed by atoms with Crippen LogP contribution in [0.2, 0.25) is 5.02 Å². The van der Waals surface area contributed by atoms with Gasteiger partial charge in [0.05, 0.1) is 11.3 Å². The first kappa shape index (κ1) is 20.8. The van der Waals surface area contributed by atoms with Crippen LogP contribution in [-0.2, 0) is 11.2 Å². The number of carbonyl (C=O) groups is 2. The van der Waals surface area contributed by atoms with Gasteiger partial charge in [-0.1, -0.05) is 30.7 Å². The standard InChI is InChI=1S/C23H22ClFN2O2/c1-5-17-13(2)14(3)27(23(17)26-15(4)28)21-11-10-16(24)12-19(21)22(29)18-8-6-7-9-20(18)25/h6-12H,5H2,1-4H3,(H,26,28). The van der Waals surface area contributed by atoms with Crippen molar-refractivity contribution in [3.63, 3.8) is 0 Å². The fourth-order valence-electron chi connectivity index (χ4n) is 3.57. The van der Waals surface area contributed by atoms with Crippen molar-refractivity contribution in [1.29, 1.82) is 0 Å². The molecule has 3 rings (SSSR count). The van der Waals surface area contributed by atoms with Crippen LogP contribution in [0.3, 0.4) is 0 Å². The zero-order chi connectivity index (χ0) is 21.3. The number of aromatic nitrogens is 1. The first-order chi connectivity index (χ1) is 13.8. The maximum Gasteiger partial charge on any atom is 0.222 e. The second kappa shape index (κ2) is 8.21. The Bertz CT molecular complexity index is 1120. The average molecular weight is 413 g/mol. The highest BCUT2D eigenvalue weighted by Crippen LogP contribution is 2.34. The van der Waals surface area contributed by atoms with Crippen LogP contribution in [0, 0.1) is 19.7 Å². The van der Waals surface area contributed by atoms with Gasteiger partial charge in [0.2, 0.25) is 5.91 Å². The van der Waals surface area contributed by atoms with Gasteiger partial charge in [-0.2, -0.15) is 0 Å². The molecule has 0 saturated heterocycles. The van der Waals surface area contributed by atoms with Crippen molar-refractivity contribution in [2.24, 2.45) is 0 Å². The van der Waals surface area contributed by atoms with Gasteiger partial charge in [0.25, 0.3) is 0 Å². The number of ketones is 1. The summed E-state index contributed by atoms with van der Waals surface area (Å²) in [5.41, 5.74) is 3.65. The zero-order valence-electron chi connectivity index (χ0n) is 16.8. The Morgan fingerprint density at radius 2 is 1.79 bits per heavy atom. The van der Waals surface area contributed by atoms with Crippen molar-refractivity contribution < 1.29 is 14.0 Å². The molecule has 2 aromatic carbocycles. The van der Waals surface area contributed by atoms with Crippen molar-refractivity contribution in [3.05, 3.63) is 81.3 Å². The van der Waals surface area contributed by atoms with Crippen LogP contribution < -0.4 is 5.32 Å². The highest BCUT2D eigenvalue weighted by atomic mass is 35.5. The van der Waals surface area contributed by atoms with E-state index in [2.05, 4.69) is 5.32 Å². The summed E-state index contributed by atoms with van der Waals surface area (Å²) in [6.07, 6.45) is 0.708. The molecule has 0 bridgehead atoms. The second-order valence-corrected chi connectivity index (χ2v) is 7.31. The summed E-state index contributed by atoms with van der Waals surface area (Å²) in [4.78, 5) is 25.1. The van der Waals surface area contributed by atoms with Gasteiger partial charge < -0.3 is 5.32 Å². The van der Waals surface area contributed by atoms with E-state index in [9.17, 15) is 14.0 Å². The summed E-state index contributed by atoms with van der Waals surface area (Å²) in [5, 5.41) is 3.26. The third-order valence-electron chi connectivity index (χ3n) is 5.05. The molecule has 4 nitrogen and oxygen atoms in total. The van der Waals surface area contributed by atoms with Crippen molar-refractivity contribution in [3.8, 4) is 5.69 Å². The molecule has 0 radical (unpaired) electrons. The van der Waals surface area contributed by atoms with Crippen LogP contribution in [0.1, 0.15) is 46.6 Å². The number of anilines is 1. The second-order valence-electron chi connectivity index (χ2n) is 6.88. The van der Waals surface area contributed by atoms with Crippen LogP contribution in [-0.4, -0.2) is 16.3 Å². The Balaban J connectivity index is 2.30. The van der Waals surface area contributed by atoms with E-state index < -0.39 is 11.6 Å². The molecular weight excluding hydrogens is 391 g/mol. The predicted molar refractivity (Wildman–Crippen MR) is 114 cm³/mol. The van der Waals surface area contributed by atoms with Crippen molar-refractivity contribution in [2.45, 2.75) is 34.1 Å². The van der Waals surface area contributed by atoms with Gasteiger partial charge in [-0.25, -0.2) is 4.39 Å². The van der Waals surface area contributed by atoms with Crippen molar-refractivity contribution in [1.82, 2.24) is 4.57 Å². The van der Waals surface area contributed by atoms with Crippen molar-refractivity contribution >= 4 is 29.1 Å². The topological polar surface area (TPSA) is 51.1 Å². The molecule has 1 aromatic heterocycles. The number of rotatable bonds is 5. The molecule has 0 aliphatic heterocycles. The van der Waals surface area contributed by atoms with E-state index in [-0.39, 0.29) is 17.0 Å².